The Kier molecular flexibility index (Phi) is 8.81. The Morgan fingerprint density at radius 2 is 1.73 bits per heavy atom. The maximum atomic E-state index is 14.2. The van der Waals surface area contributed by atoms with Crippen molar-refractivity contribution in [1.29, 1.82) is 0 Å². The molecule has 41 heavy (non-hydrogen) atoms. The average Bonchev–Trinajstić information content (AvgIpc) is 3.76. The Balaban J connectivity index is 1.55. The van der Waals surface area contributed by atoms with E-state index in [0.717, 1.165) is 25.7 Å². The Morgan fingerprint density at radius 3 is 2.39 bits per heavy atom. The maximum Gasteiger partial charge on any atom is 0.249 e. The van der Waals surface area contributed by atoms with Gasteiger partial charge in [-0.05, 0) is 60.7 Å². The molecule has 1 aliphatic rings. The number of anilines is 1. The number of nitrogens with zero attached hydrogens (tertiary/aromatic N) is 5. The molecule has 1 atom stereocenters. The van der Waals surface area contributed by atoms with Gasteiger partial charge in [0.25, 0.3) is 0 Å². The van der Waals surface area contributed by atoms with Crippen molar-refractivity contribution in [1.82, 2.24) is 24.6 Å². The fourth-order valence-corrected chi connectivity index (χ4v) is 7.61. The first-order chi connectivity index (χ1) is 19.8. The summed E-state index contributed by atoms with van der Waals surface area (Å²) in [4.78, 5) is 30.3. The van der Waals surface area contributed by atoms with Gasteiger partial charge in [-0.25, -0.2) is 13.1 Å². The van der Waals surface area contributed by atoms with Crippen molar-refractivity contribution in [3.8, 4) is 0 Å². The molecule has 5 rings (SSSR count). The van der Waals surface area contributed by atoms with Gasteiger partial charge in [-0.1, -0.05) is 50.1 Å². The minimum Gasteiger partial charge on any atom is -0.351 e. The van der Waals surface area contributed by atoms with E-state index in [1.807, 2.05) is 41.8 Å². The largest absolute Gasteiger partial charge is 0.351 e. The fourth-order valence-electron chi connectivity index (χ4n) is 5.34. The van der Waals surface area contributed by atoms with Crippen molar-refractivity contribution in [2.75, 3.05) is 18.0 Å². The highest BCUT2D eigenvalue weighted by Gasteiger charge is 2.35. The van der Waals surface area contributed by atoms with Gasteiger partial charge in [-0.2, -0.15) is 4.31 Å². The van der Waals surface area contributed by atoms with E-state index in [-0.39, 0.29) is 29.3 Å². The minimum atomic E-state index is -3.69. The predicted molar refractivity (Wildman–Crippen MR) is 159 cm³/mol. The van der Waals surface area contributed by atoms with Gasteiger partial charge in [0.15, 0.2) is 0 Å². The molecule has 10 nitrogen and oxygen atoms in total. The van der Waals surface area contributed by atoms with Crippen molar-refractivity contribution in [3.63, 3.8) is 0 Å². The highest BCUT2D eigenvalue weighted by molar-refractivity contribution is 7.89. The molecular weight excluding hydrogens is 560 g/mol. The first kappa shape index (κ1) is 28.9. The maximum absolute atomic E-state index is 14.2. The van der Waals surface area contributed by atoms with E-state index in [1.54, 1.807) is 26.0 Å². The number of sulfonamides is 1. The van der Waals surface area contributed by atoms with Crippen LogP contribution in [-0.4, -0.2) is 58.7 Å². The SMILES string of the molecule is CCN(CC)S(=O)(=O)c1ccc(N(C(=O)Cn2nnc3ccccc32)C(C(=O)NC2CCCC2)c2cccs2)cc1. The van der Waals surface area contributed by atoms with Crippen LogP contribution in [0.15, 0.2) is 70.9 Å². The Bertz CT molecular complexity index is 1590. The standard InChI is InChI=1S/C29H34N6O4S2/c1-3-33(4-2)41(38,39)23-17-15-22(16-18-23)35(27(36)20-34-25-13-8-7-12-24(25)31-32-34)28(26-14-9-19-40-26)29(37)30-21-10-5-6-11-21/h7-9,12-19,21,28H,3-6,10-11,20H2,1-2H3,(H,30,37). The fraction of sp³-hybridized carbons (Fsp3) is 0.379. The Labute approximate surface area is 244 Å². The van der Waals surface area contributed by atoms with Crippen LogP contribution in [-0.2, 0) is 26.2 Å². The van der Waals surface area contributed by atoms with Gasteiger partial charge >= 0.3 is 0 Å². The van der Waals surface area contributed by atoms with Crippen LogP contribution in [0.25, 0.3) is 11.0 Å². The lowest BCUT2D eigenvalue weighted by Crippen LogP contribution is -2.47. The van der Waals surface area contributed by atoms with Crippen LogP contribution >= 0.6 is 11.3 Å². The van der Waals surface area contributed by atoms with E-state index < -0.39 is 16.1 Å². The summed E-state index contributed by atoms with van der Waals surface area (Å²) >= 11 is 1.39. The predicted octanol–water partition coefficient (Wildman–Crippen LogP) is 4.36. The van der Waals surface area contributed by atoms with Crippen LogP contribution in [0, 0.1) is 0 Å². The van der Waals surface area contributed by atoms with Crippen LogP contribution in [0.5, 0.6) is 0 Å². The van der Waals surface area contributed by atoms with Crippen molar-refractivity contribution >= 4 is 49.9 Å². The van der Waals surface area contributed by atoms with E-state index >= 15 is 0 Å². The summed E-state index contributed by atoms with van der Waals surface area (Å²) < 4.78 is 29.2. The van der Waals surface area contributed by atoms with Crippen LogP contribution in [0.1, 0.15) is 50.4 Å². The summed E-state index contributed by atoms with van der Waals surface area (Å²) in [6.07, 6.45) is 3.91. The molecule has 1 N–H and O–H groups in total. The number of amides is 2. The zero-order valence-corrected chi connectivity index (χ0v) is 24.8. The number of carbonyl (C=O) groups excluding carboxylic acids is 2. The second-order valence-corrected chi connectivity index (χ2v) is 12.9. The molecule has 1 unspecified atom stereocenters. The normalized spacial score (nSPS) is 14.9. The monoisotopic (exact) mass is 594 g/mol. The lowest BCUT2D eigenvalue weighted by Gasteiger charge is -2.31. The molecule has 0 spiro atoms. The van der Waals surface area contributed by atoms with Gasteiger partial charge in [-0.15, -0.1) is 16.4 Å². The molecule has 1 saturated carbocycles. The summed E-state index contributed by atoms with van der Waals surface area (Å²) in [6.45, 7) is 4.12. The van der Waals surface area contributed by atoms with Crippen LogP contribution < -0.4 is 10.2 Å². The minimum absolute atomic E-state index is 0.0581. The van der Waals surface area contributed by atoms with Crippen molar-refractivity contribution in [3.05, 3.63) is 70.9 Å². The number of carbonyl (C=O) groups is 2. The van der Waals surface area contributed by atoms with E-state index in [1.165, 1.54) is 37.4 Å². The van der Waals surface area contributed by atoms with Crippen molar-refractivity contribution in [2.24, 2.45) is 0 Å². The number of fused-ring (bicyclic) bond motifs is 1. The third kappa shape index (κ3) is 6.04. The first-order valence-electron chi connectivity index (χ1n) is 13.9. The number of benzene rings is 2. The molecular formula is C29H34N6O4S2. The van der Waals surface area contributed by atoms with E-state index in [4.69, 9.17) is 0 Å². The molecule has 2 aromatic carbocycles. The van der Waals surface area contributed by atoms with Crippen LogP contribution in [0.4, 0.5) is 5.69 Å². The molecule has 0 radical (unpaired) electrons. The second kappa shape index (κ2) is 12.5. The zero-order valence-electron chi connectivity index (χ0n) is 23.1. The smallest absolute Gasteiger partial charge is 0.249 e. The van der Waals surface area contributed by atoms with E-state index in [2.05, 4.69) is 15.6 Å². The lowest BCUT2D eigenvalue weighted by atomic mass is 10.1. The Morgan fingerprint density at radius 1 is 1.02 bits per heavy atom. The average molecular weight is 595 g/mol. The third-order valence-electron chi connectivity index (χ3n) is 7.45. The number of thiophene rings is 1. The number of hydrogen-bond acceptors (Lipinski definition) is 7. The molecule has 1 aliphatic carbocycles. The summed E-state index contributed by atoms with van der Waals surface area (Å²) in [5.41, 5.74) is 1.77. The van der Waals surface area contributed by atoms with Crippen molar-refractivity contribution in [2.45, 2.75) is 63.1 Å². The molecule has 12 heteroatoms. The van der Waals surface area contributed by atoms with E-state index in [9.17, 15) is 18.0 Å². The van der Waals surface area contributed by atoms with Gasteiger partial charge in [0.2, 0.25) is 21.8 Å². The number of aromatic nitrogens is 3. The molecule has 2 aromatic heterocycles. The van der Waals surface area contributed by atoms with Gasteiger partial charge in [0.05, 0.1) is 10.4 Å². The molecule has 4 aromatic rings. The number of rotatable bonds is 11. The molecule has 2 heterocycles. The summed E-state index contributed by atoms with van der Waals surface area (Å²) in [5, 5.41) is 13.4. The second-order valence-electron chi connectivity index (χ2n) is 9.99. The molecule has 0 aliphatic heterocycles. The summed E-state index contributed by atoms with van der Waals surface area (Å²) in [7, 11) is -3.69. The quantitative estimate of drug-likeness (QED) is 0.276. The zero-order chi connectivity index (χ0) is 29.0. The van der Waals surface area contributed by atoms with Gasteiger partial charge < -0.3 is 5.32 Å². The highest BCUT2D eigenvalue weighted by atomic mass is 32.2. The highest BCUT2D eigenvalue weighted by Crippen LogP contribution is 2.33. The van der Waals surface area contributed by atoms with Gasteiger partial charge in [0, 0.05) is 29.7 Å². The summed E-state index contributed by atoms with van der Waals surface area (Å²) in [5.74, 6) is -0.643. The topological polar surface area (TPSA) is 118 Å². The lowest BCUT2D eigenvalue weighted by molar-refractivity contribution is -0.127. The molecule has 216 valence electrons. The number of nitrogens with one attached hydrogen (secondary N) is 1. The molecule has 0 bridgehead atoms. The summed E-state index contributed by atoms with van der Waals surface area (Å²) in [6, 6.07) is 16.3. The number of para-hydroxylation sites is 1. The van der Waals surface area contributed by atoms with Crippen LogP contribution in [0.3, 0.4) is 0 Å². The van der Waals surface area contributed by atoms with Gasteiger partial charge in [0.1, 0.15) is 18.1 Å². The van der Waals surface area contributed by atoms with Gasteiger partial charge in [-0.3, -0.25) is 14.5 Å². The first-order valence-corrected chi connectivity index (χ1v) is 16.2. The Hall–Kier alpha value is -3.61. The number of hydrogen-bond donors (Lipinski definition) is 1. The van der Waals surface area contributed by atoms with Crippen molar-refractivity contribution < 1.29 is 18.0 Å². The third-order valence-corrected chi connectivity index (χ3v) is 10.4. The molecule has 0 saturated heterocycles. The molecule has 2 amide bonds. The van der Waals surface area contributed by atoms with E-state index in [0.29, 0.717) is 34.7 Å². The molecule has 1 fully saturated rings. The van der Waals surface area contributed by atoms with Crippen LogP contribution in [0.2, 0.25) is 0 Å².